The summed E-state index contributed by atoms with van der Waals surface area (Å²) in [5, 5.41) is 0.0908. The monoisotopic (exact) mass is 349 g/mol. The number of benzene rings is 1. The average Bonchev–Trinajstić information content (AvgIpc) is 2.95. The molecular weight excluding hydrogens is 334 g/mol. The molecular formula is C16H15NO6S. The predicted molar refractivity (Wildman–Crippen MR) is 87.0 cm³/mol. The molecule has 0 fully saturated rings. The van der Waals surface area contributed by atoms with Crippen molar-refractivity contribution in [2.24, 2.45) is 0 Å². The van der Waals surface area contributed by atoms with Crippen LogP contribution in [0.1, 0.15) is 36.0 Å². The van der Waals surface area contributed by atoms with Crippen LogP contribution in [0.15, 0.2) is 30.3 Å². The van der Waals surface area contributed by atoms with E-state index in [2.05, 4.69) is 9.47 Å². The molecule has 2 rings (SSSR count). The molecule has 0 atom stereocenters. The quantitative estimate of drug-likeness (QED) is 0.652. The molecule has 126 valence electrons. The molecule has 1 heterocycles. The standard InChI is InChI=1S/C16H15NO6S/c1-21-15(19)11-10(12(16(20)22-2)24-13(11)17)8-23-14(18)9-6-4-3-5-7-9/h3-7H,8,17H2,1-2H3. The summed E-state index contributed by atoms with van der Waals surface area (Å²) in [5.41, 5.74) is 6.32. The number of nitrogen functional groups attached to an aromatic ring is 1. The number of carbonyl (C=O) groups is 3. The van der Waals surface area contributed by atoms with E-state index < -0.39 is 17.9 Å². The van der Waals surface area contributed by atoms with E-state index in [9.17, 15) is 14.4 Å². The van der Waals surface area contributed by atoms with Gasteiger partial charge in [0.05, 0.1) is 19.8 Å². The van der Waals surface area contributed by atoms with Crippen LogP contribution in [0, 0.1) is 0 Å². The lowest BCUT2D eigenvalue weighted by Gasteiger charge is -2.08. The van der Waals surface area contributed by atoms with Crippen LogP contribution in [0.5, 0.6) is 0 Å². The van der Waals surface area contributed by atoms with Crippen molar-refractivity contribution < 1.29 is 28.6 Å². The molecule has 0 amide bonds. The lowest BCUT2D eigenvalue weighted by Crippen LogP contribution is -2.12. The Morgan fingerprint density at radius 3 is 2.21 bits per heavy atom. The molecule has 0 saturated carbocycles. The molecule has 2 N–H and O–H groups in total. The molecule has 2 aromatic rings. The van der Waals surface area contributed by atoms with Gasteiger partial charge in [0.1, 0.15) is 22.0 Å². The van der Waals surface area contributed by atoms with Gasteiger partial charge in [0, 0.05) is 5.56 Å². The van der Waals surface area contributed by atoms with E-state index in [1.165, 1.54) is 14.2 Å². The molecule has 0 bridgehead atoms. The zero-order valence-corrected chi connectivity index (χ0v) is 13.8. The maximum Gasteiger partial charge on any atom is 0.348 e. The van der Waals surface area contributed by atoms with Crippen LogP contribution in [-0.2, 0) is 20.8 Å². The summed E-state index contributed by atoms with van der Waals surface area (Å²) in [5.74, 6) is -1.98. The van der Waals surface area contributed by atoms with E-state index in [0.29, 0.717) is 5.56 Å². The van der Waals surface area contributed by atoms with E-state index in [-0.39, 0.29) is 27.6 Å². The third kappa shape index (κ3) is 3.54. The molecule has 0 radical (unpaired) electrons. The first-order valence-corrected chi connectivity index (χ1v) is 7.61. The van der Waals surface area contributed by atoms with E-state index in [0.717, 1.165) is 11.3 Å². The summed E-state index contributed by atoms with van der Waals surface area (Å²) in [4.78, 5) is 35.9. The van der Waals surface area contributed by atoms with Crippen molar-refractivity contribution in [1.29, 1.82) is 0 Å². The van der Waals surface area contributed by atoms with Crippen molar-refractivity contribution >= 4 is 34.2 Å². The molecule has 0 aliphatic heterocycles. The lowest BCUT2D eigenvalue weighted by molar-refractivity contribution is 0.0452. The smallest absolute Gasteiger partial charge is 0.348 e. The molecule has 0 aliphatic carbocycles. The Balaban J connectivity index is 2.32. The fraction of sp³-hybridized carbons (Fsp3) is 0.188. The number of hydrogen-bond acceptors (Lipinski definition) is 8. The topological polar surface area (TPSA) is 105 Å². The number of ether oxygens (including phenoxy) is 3. The van der Waals surface area contributed by atoms with Crippen LogP contribution in [0.25, 0.3) is 0 Å². The molecule has 24 heavy (non-hydrogen) atoms. The number of esters is 3. The Morgan fingerprint density at radius 2 is 1.62 bits per heavy atom. The zero-order chi connectivity index (χ0) is 17.7. The second kappa shape index (κ2) is 7.60. The van der Waals surface area contributed by atoms with Crippen molar-refractivity contribution in [1.82, 2.24) is 0 Å². The largest absolute Gasteiger partial charge is 0.465 e. The van der Waals surface area contributed by atoms with Gasteiger partial charge in [-0.2, -0.15) is 0 Å². The van der Waals surface area contributed by atoms with Gasteiger partial charge >= 0.3 is 17.9 Å². The maximum atomic E-state index is 12.0. The molecule has 1 aromatic carbocycles. The van der Waals surface area contributed by atoms with Gasteiger partial charge in [0.2, 0.25) is 0 Å². The maximum absolute atomic E-state index is 12.0. The molecule has 7 nitrogen and oxygen atoms in total. The number of nitrogens with two attached hydrogens (primary N) is 1. The highest BCUT2D eigenvalue weighted by atomic mass is 32.1. The van der Waals surface area contributed by atoms with Crippen LogP contribution in [0.2, 0.25) is 0 Å². The Labute approximate surface area is 141 Å². The summed E-state index contributed by atoms with van der Waals surface area (Å²) in [6, 6.07) is 8.33. The highest BCUT2D eigenvalue weighted by molar-refractivity contribution is 7.18. The summed E-state index contributed by atoms with van der Waals surface area (Å²) < 4.78 is 14.5. The molecule has 0 aliphatic rings. The van der Waals surface area contributed by atoms with Gasteiger partial charge in [-0.3, -0.25) is 0 Å². The van der Waals surface area contributed by atoms with Gasteiger partial charge in [0.25, 0.3) is 0 Å². The number of methoxy groups -OCH3 is 2. The number of rotatable bonds is 5. The summed E-state index contributed by atoms with van der Waals surface area (Å²) in [6.07, 6.45) is 0. The number of hydrogen-bond donors (Lipinski definition) is 1. The molecule has 0 unspecified atom stereocenters. The zero-order valence-electron chi connectivity index (χ0n) is 13.0. The number of anilines is 1. The summed E-state index contributed by atoms with van der Waals surface area (Å²) in [7, 11) is 2.40. The van der Waals surface area contributed by atoms with Crippen molar-refractivity contribution in [3.63, 3.8) is 0 Å². The average molecular weight is 349 g/mol. The molecule has 8 heteroatoms. The van der Waals surface area contributed by atoms with E-state index >= 15 is 0 Å². The Bertz CT molecular complexity index is 768. The second-order valence-corrected chi connectivity index (χ2v) is 5.63. The van der Waals surface area contributed by atoms with Gasteiger partial charge in [-0.05, 0) is 12.1 Å². The minimum atomic E-state index is -0.718. The number of thiophene rings is 1. The molecule has 0 spiro atoms. The Hall–Kier alpha value is -2.87. The fourth-order valence-electron chi connectivity index (χ4n) is 2.00. The highest BCUT2D eigenvalue weighted by Gasteiger charge is 2.28. The highest BCUT2D eigenvalue weighted by Crippen LogP contribution is 2.33. The van der Waals surface area contributed by atoms with E-state index in [1.807, 2.05) is 0 Å². The van der Waals surface area contributed by atoms with Crippen molar-refractivity contribution in [2.45, 2.75) is 6.61 Å². The van der Waals surface area contributed by atoms with Crippen LogP contribution in [0.4, 0.5) is 5.00 Å². The van der Waals surface area contributed by atoms with Gasteiger partial charge < -0.3 is 19.9 Å². The first kappa shape index (κ1) is 17.5. The Kier molecular flexibility index (Phi) is 5.54. The third-order valence-electron chi connectivity index (χ3n) is 3.15. The van der Waals surface area contributed by atoms with E-state index in [4.69, 9.17) is 10.5 Å². The molecule has 1 aromatic heterocycles. The molecule has 0 saturated heterocycles. The third-order valence-corrected chi connectivity index (χ3v) is 4.19. The minimum absolute atomic E-state index is 0.00348. The minimum Gasteiger partial charge on any atom is -0.465 e. The van der Waals surface area contributed by atoms with Crippen molar-refractivity contribution in [2.75, 3.05) is 20.0 Å². The van der Waals surface area contributed by atoms with Crippen molar-refractivity contribution in [3.05, 3.63) is 51.9 Å². The first-order chi connectivity index (χ1) is 11.5. The van der Waals surface area contributed by atoms with E-state index in [1.54, 1.807) is 30.3 Å². The second-order valence-electron chi connectivity index (χ2n) is 4.57. The SMILES string of the molecule is COC(=O)c1sc(N)c(C(=O)OC)c1COC(=O)c1ccccc1. The van der Waals surface area contributed by atoms with Gasteiger partial charge in [0.15, 0.2) is 0 Å². The van der Waals surface area contributed by atoms with Gasteiger partial charge in [-0.1, -0.05) is 18.2 Å². The predicted octanol–water partition coefficient (Wildman–Crippen LogP) is 2.26. The Morgan fingerprint density at radius 1 is 1.00 bits per heavy atom. The van der Waals surface area contributed by atoms with Crippen LogP contribution in [-0.4, -0.2) is 32.1 Å². The summed E-state index contributed by atoms with van der Waals surface area (Å²) in [6.45, 7) is -0.309. The van der Waals surface area contributed by atoms with Gasteiger partial charge in [-0.25, -0.2) is 14.4 Å². The first-order valence-electron chi connectivity index (χ1n) is 6.79. The van der Waals surface area contributed by atoms with Gasteiger partial charge in [-0.15, -0.1) is 11.3 Å². The van der Waals surface area contributed by atoms with Crippen LogP contribution >= 0.6 is 11.3 Å². The normalized spacial score (nSPS) is 10.1. The summed E-state index contributed by atoms with van der Waals surface area (Å²) >= 11 is 0.876. The lowest BCUT2D eigenvalue weighted by atomic mass is 10.1. The van der Waals surface area contributed by atoms with Crippen molar-refractivity contribution in [3.8, 4) is 0 Å². The fourth-order valence-corrected chi connectivity index (χ4v) is 2.98. The van der Waals surface area contributed by atoms with Crippen LogP contribution < -0.4 is 5.73 Å². The number of carbonyl (C=O) groups excluding carboxylic acids is 3. The van der Waals surface area contributed by atoms with Crippen LogP contribution in [0.3, 0.4) is 0 Å².